The molecule has 256 valence electrons. The Hall–Kier alpha value is -4.54. The van der Waals surface area contributed by atoms with Gasteiger partial charge in [0.1, 0.15) is 18.6 Å². The number of halogens is 3. The molecule has 17 heteroatoms. The van der Waals surface area contributed by atoms with E-state index >= 15 is 0 Å². The first-order valence-electron chi connectivity index (χ1n) is 16.1. The lowest BCUT2D eigenvalue weighted by Crippen LogP contribution is -2.60. The molecule has 5 heterocycles. The van der Waals surface area contributed by atoms with Crippen LogP contribution in [0, 0.1) is 12.3 Å². The van der Waals surface area contributed by atoms with Crippen LogP contribution in [0.4, 0.5) is 18.9 Å². The van der Waals surface area contributed by atoms with Crippen LogP contribution in [0.1, 0.15) is 66.7 Å². The summed E-state index contributed by atoms with van der Waals surface area (Å²) in [7, 11) is 0. The smallest absolute Gasteiger partial charge is 0.394 e. The van der Waals surface area contributed by atoms with Gasteiger partial charge in [0.2, 0.25) is 11.7 Å². The minimum atomic E-state index is -4.31. The van der Waals surface area contributed by atoms with Gasteiger partial charge in [0.15, 0.2) is 17.3 Å². The van der Waals surface area contributed by atoms with Crippen molar-refractivity contribution in [1.82, 2.24) is 39.3 Å². The van der Waals surface area contributed by atoms with Crippen LogP contribution in [0.5, 0.6) is 5.75 Å². The zero-order chi connectivity index (χ0) is 34.0. The summed E-state index contributed by atoms with van der Waals surface area (Å²) in [5.74, 6) is -0.717. The Morgan fingerprint density at radius 2 is 1.88 bits per heavy atom. The molecule has 8 rings (SSSR count). The summed E-state index contributed by atoms with van der Waals surface area (Å²) in [6.07, 6.45) is -0.410. The summed E-state index contributed by atoms with van der Waals surface area (Å²) >= 11 is 0. The summed E-state index contributed by atoms with van der Waals surface area (Å²) in [6.45, 7) is 4.97. The van der Waals surface area contributed by atoms with E-state index in [2.05, 4.69) is 25.4 Å². The first-order chi connectivity index (χ1) is 22.9. The van der Waals surface area contributed by atoms with E-state index in [1.165, 1.54) is 10.8 Å². The number of nitrogens with zero attached hydrogens (tertiary/aromatic N) is 8. The quantitative estimate of drug-likeness (QED) is 0.381. The molecule has 2 bridgehead atoms. The van der Waals surface area contributed by atoms with Crippen LogP contribution in [0.3, 0.4) is 0 Å². The van der Waals surface area contributed by atoms with Gasteiger partial charge >= 0.3 is 6.18 Å². The number of nitrogens with one attached hydrogen (secondary N) is 1. The number of hydrogen-bond donors (Lipinski definition) is 2. The van der Waals surface area contributed by atoms with Gasteiger partial charge in [0.05, 0.1) is 30.0 Å². The van der Waals surface area contributed by atoms with Crippen LogP contribution in [-0.2, 0) is 22.5 Å². The van der Waals surface area contributed by atoms with Gasteiger partial charge < -0.3 is 29.5 Å². The zero-order valence-corrected chi connectivity index (χ0v) is 26.6. The zero-order valence-electron chi connectivity index (χ0n) is 26.6. The number of fused-ring (bicyclic) bond motifs is 2. The number of carbonyl (C=O) groups excluding carboxylic acids is 2. The van der Waals surface area contributed by atoms with E-state index in [1.54, 1.807) is 16.4 Å². The van der Waals surface area contributed by atoms with Crippen molar-refractivity contribution >= 4 is 28.9 Å². The molecule has 3 aliphatic carbocycles. The van der Waals surface area contributed by atoms with E-state index in [0.717, 1.165) is 5.57 Å². The number of aromatic hydroxyl groups is 1. The number of piperazine rings is 1. The van der Waals surface area contributed by atoms with Gasteiger partial charge in [0.25, 0.3) is 11.5 Å². The van der Waals surface area contributed by atoms with Crippen molar-refractivity contribution in [3.8, 4) is 5.75 Å². The second-order valence-corrected chi connectivity index (χ2v) is 13.1. The molecular weight excluding hydrogens is 635 g/mol. The Bertz CT molecular complexity index is 1890. The topological polar surface area (TPSA) is 160 Å². The highest BCUT2D eigenvalue weighted by Gasteiger charge is 2.72. The van der Waals surface area contributed by atoms with Gasteiger partial charge in [0, 0.05) is 31.7 Å². The molecule has 4 fully saturated rings. The molecular formula is C31H36F3N9O5. The number of anilines is 1. The Kier molecular flexibility index (Phi) is 7.71. The van der Waals surface area contributed by atoms with E-state index in [9.17, 15) is 32.7 Å². The summed E-state index contributed by atoms with van der Waals surface area (Å²) < 4.78 is 49.3. The minimum Gasteiger partial charge on any atom is -0.504 e. The molecule has 0 aromatic carbocycles. The van der Waals surface area contributed by atoms with Gasteiger partial charge in [-0.1, -0.05) is 13.0 Å². The molecule has 2 amide bonds. The molecule has 14 nitrogen and oxygen atoms in total. The number of aryl methyl sites for hydroxylation is 1. The lowest BCUT2D eigenvalue weighted by molar-refractivity contribution is -0.249. The number of hydrogen-bond acceptors (Lipinski definition) is 10. The number of carbonyl (C=O) groups is 2. The second-order valence-electron chi connectivity index (χ2n) is 13.1. The van der Waals surface area contributed by atoms with Gasteiger partial charge in [-0.2, -0.15) is 22.7 Å². The van der Waals surface area contributed by atoms with Gasteiger partial charge in [-0.15, -0.1) is 5.10 Å². The van der Waals surface area contributed by atoms with Crippen LogP contribution >= 0.6 is 0 Å². The van der Waals surface area contributed by atoms with Crippen molar-refractivity contribution in [1.29, 1.82) is 0 Å². The van der Waals surface area contributed by atoms with Crippen LogP contribution < -0.4 is 15.8 Å². The fourth-order valence-electron chi connectivity index (χ4n) is 7.75. The van der Waals surface area contributed by atoms with Crippen molar-refractivity contribution < 1.29 is 32.6 Å². The lowest BCUT2D eigenvalue weighted by atomic mass is 9.64. The first kappa shape index (κ1) is 32.0. The van der Waals surface area contributed by atoms with Crippen molar-refractivity contribution in [2.45, 2.75) is 70.6 Å². The molecule has 3 aromatic heterocycles. The predicted molar refractivity (Wildman–Crippen MR) is 164 cm³/mol. The first-order valence-corrected chi connectivity index (χ1v) is 16.1. The molecule has 48 heavy (non-hydrogen) atoms. The molecule has 1 saturated heterocycles. The Labute approximate surface area is 272 Å². The Morgan fingerprint density at radius 3 is 2.52 bits per heavy atom. The summed E-state index contributed by atoms with van der Waals surface area (Å²) in [4.78, 5) is 56.9. The van der Waals surface area contributed by atoms with Crippen LogP contribution in [0.25, 0.3) is 11.4 Å². The number of amides is 2. The molecule has 0 unspecified atom stereocenters. The molecule has 0 atom stereocenters. The number of ether oxygens (including phenoxy) is 1. The molecule has 2 N–H and O–H groups in total. The fourth-order valence-corrected chi connectivity index (χ4v) is 7.75. The third kappa shape index (κ3) is 5.18. The normalized spacial score (nSPS) is 24.1. The van der Waals surface area contributed by atoms with Gasteiger partial charge in [-0.3, -0.25) is 14.4 Å². The van der Waals surface area contributed by atoms with E-state index in [1.807, 2.05) is 17.9 Å². The maximum Gasteiger partial charge on any atom is 0.394 e. The number of rotatable bonds is 7. The molecule has 5 aliphatic rings. The molecule has 3 saturated carbocycles. The third-order valence-corrected chi connectivity index (χ3v) is 10.2. The Balaban J connectivity index is 1.20. The fraction of sp³-hybridized carbons (Fsp3) is 0.581. The van der Waals surface area contributed by atoms with Crippen molar-refractivity contribution in [2.75, 3.05) is 44.3 Å². The highest BCUT2D eigenvalue weighted by atomic mass is 19.4. The standard InChI is InChI=1S/C31H36F3N9O5/c1-3-20-23(40-8-10-41(11-9-40)26(46)22-24(45)18(2)35-17-36-22)27(47)43-28(37-25(39-43)19-4-12-48-13-5-19)42(20)14-21(44)38-30-7-6-29(15-30,16-30)31(32,33)34/h4,17,45H,3,5-16H2,1-2H3,(H,38,44). The third-order valence-electron chi connectivity index (χ3n) is 10.2. The highest BCUT2D eigenvalue weighted by Crippen LogP contribution is 2.67. The second kappa shape index (κ2) is 11.6. The maximum absolute atomic E-state index is 14.1. The SMILES string of the molecule is CCc1c(N2CCN(C(=O)c3ncnc(C)c3O)CC2)c(=O)n2nc(C3=CCOCC3)nc2n1CC(=O)NC12CCC(C(F)(F)F)(C1)C2. The molecule has 0 radical (unpaired) electrons. The summed E-state index contributed by atoms with van der Waals surface area (Å²) in [6, 6.07) is 0. The monoisotopic (exact) mass is 671 g/mol. The summed E-state index contributed by atoms with van der Waals surface area (Å²) in [5, 5.41) is 17.8. The van der Waals surface area contributed by atoms with Crippen molar-refractivity contribution in [3.63, 3.8) is 0 Å². The van der Waals surface area contributed by atoms with Crippen LogP contribution in [0.2, 0.25) is 0 Å². The largest absolute Gasteiger partial charge is 0.504 e. The van der Waals surface area contributed by atoms with Crippen molar-refractivity contribution in [3.05, 3.63) is 45.7 Å². The maximum atomic E-state index is 14.1. The van der Waals surface area contributed by atoms with E-state index in [0.29, 0.717) is 43.3 Å². The average molecular weight is 672 g/mol. The van der Waals surface area contributed by atoms with E-state index < -0.39 is 34.5 Å². The van der Waals surface area contributed by atoms with Crippen LogP contribution in [0.15, 0.2) is 17.2 Å². The number of aromatic nitrogens is 6. The minimum absolute atomic E-state index is 0.0132. The van der Waals surface area contributed by atoms with Gasteiger partial charge in [-0.25, -0.2) is 9.97 Å². The van der Waals surface area contributed by atoms with Crippen molar-refractivity contribution in [2.24, 2.45) is 5.41 Å². The van der Waals surface area contributed by atoms with Gasteiger partial charge in [-0.05, 0) is 51.0 Å². The van der Waals surface area contributed by atoms with E-state index in [4.69, 9.17) is 4.74 Å². The Morgan fingerprint density at radius 1 is 1.12 bits per heavy atom. The highest BCUT2D eigenvalue weighted by molar-refractivity contribution is 5.95. The summed E-state index contributed by atoms with van der Waals surface area (Å²) in [5.41, 5.74) is -1.25. The molecule has 3 aromatic rings. The molecule has 0 spiro atoms. The van der Waals surface area contributed by atoms with Crippen LogP contribution in [-0.4, -0.2) is 102 Å². The molecule has 2 aliphatic heterocycles. The van der Waals surface area contributed by atoms with E-state index in [-0.39, 0.29) is 81.3 Å². The number of alkyl halides is 3. The predicted octanol–water partition coefficient (Wildman–Crippen LogP) is 2.01. The lowest BCUT2D eigenvalue weighted by Gasteiger charge is -2.48. The average Bonchev–Trinajstić information content (AvgIpc) is 3.77.